The van der Waals surface area contributed by atoms with E-state index in [1.54, 1.807) is 0 Å². The topological polar surface area (TPSA) is 47.9 Å². The Morgan fingerprint density at radius 1 is 1.23 bits per heavy atom. The third-order valence-electron chi connectivity index (χ3n) is 2.87. The molecule has 1 rings (SSSR count). The Balaban J connectivity index is 0.00000441. The van der Waals surface area contributed by atoms with Crippen molar-refractivity contribution in [1.82, 2.24) is 9.80 Å². The number of halogens is 2. The number of rotatable bonds is 4. The second kappa shape index (κ2) is 10.0. The standard InChI is InChI=1S/C15H23BrN4O.HI/c1-11-6-7-12(16)10-13(11)18-14(21)8-9-17-15(19(2)3)20(4)5;/h6-7,10H,8-9H2,1-5H3,(H,18,21);1H. The molecule has 5 nitrogen and oxygen atoms in total. The van der Waals surface area contributed by atoms with Crippen molar-refractivity contribution in [3.8, 4) is 0 Å². The van der Waals surface area contributed by atoms with E-state index in [0.717, 1.165) is 21.7 Å². The molecular formula is C15H24BrIN4O. The third-order valence-corrected chi connectivity index (χ3v) is 3.36. The van der Waals surface area contributed by atoms with E-state index in [1.165, 1.54) is 0 Å². The molecule has 0 saturated carbocycles. The average Bonchev–Trinajstić information content (AvgIpc) is 2.38. The first-order chi connectivity index (χ1) is 9.81. The highest BCUT2D eigenvalue weighted by Crippen LogP contribution is 2.20. The van der Waals surface area contributed by atoms with E-state index in [-0.39, 0.29) is 29.9 Å². The molecule has 0 spiro atoms. The van der Waals surface area contributed by atoms with E-state index in [0.29, 0.717) is 13.0 Å². The van der Waals surface area contributed by atoms with Crippen LogP contribution in [0, 0.1) is 6.92 Å². The molecular weight excluding hydrogens is 459 g/mol. The highest BCUT2D eigenvalue weighted by Gasteiger charge is 2.07. The van der Waals surface area contributed by atoms with Crippen LogP contribution in [0.3, 0.4) is 0 Å². The summed E-state index contributed by atoms with van der Waals surface area (Å²) in [5, 5.41) is 2.92. The summed E-state index contributed by atoms with van der Waals surface area (Å²) in [6, 6.07) is 5.82. The van der Waals surface area contributed by atoms with Gasteiger partial charge in [-0.3, -0.25) is 9.79 Å². The first-order valence-corrected chi connectivity index (χ1v) is 7.55. The van der Waals surface area contributed by atoms with Gasteiger partial charge in [-0.25, -0.2) is 0 Å². The predicted molar refractivity (Wildman–Crippen MR) is 107 cm³/mol. The summed E-state index contributed by atoms with van der Waals surface area (Å²) in [5.74, 6) is 0.818. The molecule has 0 bridgehead atoms. The number of nitrogens with zero attached hydrogens (tertiary/aromatic N) is 3. The minimum atomic E-state index is -0.0307. The number of amides is 1. The van der Waals surface area contributed by atoms with Crippen molar-refractivity contribution in [3.05, 3.63) is 28.2 Å². The molecule has 0 radical (unpaired) electrons. The maximum absolute atomic E-state index is 12.0. The van der Waals surface area contributed by atoms with Crippen LogP contribution in [-0.2, 0) is 4.79 Å². The number of carbonyl (C=O) groups excluding carboxylic acids is 1. The fourth-order valence-electron chi connectivity index (χ4n) is 1.88. The van der Waals surface area contributed by atoms with Crippen molar-refractivity contribution in [2.24, 2.45) is 4.99 Å². The number of anilines is 1. The quantitative estimate of drug-likeness (QED) is 0.407. The van der Waals surface area contributed by atoms with Crippen LogP contribution in [0.5, 0.6) is 0 Å². The van der Waals surface area contributed by atoms with Crippen molar-refractivity contribution in [3.63, 3.8) is 0 Å². The number of hydrogen-bond donors (Lipinski definition) is 1. The summed E-state index contributed by atoms with van der Waals surface area (Å²) in [7, 11) is 7.74. The molecule has 0 aliphatic heterocycles. The molecule has 0 aliphatic carbocycles. The van der Waals surface area contributed by atoms with Gasteiger partial charge in [0, 0.05) is 44.8 Å². The average molecular weight is 483 g/mol. The van der Waals surface area contributed by atoms with Crippen LogP contribution in [0.2, 0.25) is 0 Å². The summed E-state index contributed by atoms with van der Waals surface area (Å²) < 4.78 is 0.948. The lowest BCUT2D eigenvalue weighted by molar-refractivity contribution is -0.116. The number of guanidine groups is 1. The van der Waals surface area contributed by atoms with Gasteiger partial charge in [-0.2, -0.15) is 0 Å². The highest BCUT2D eigenvalue weighted by atomic mass is 127. The summed E-state index contributed by atoms with van der Waals surface area (Å²) in [6.45, 7) is 2.43. The molecule has 22 heavy (non-hydrogen) atoms. The first-order valence-electron chi connectivity index (χ1n) is 6.76. The van der Waals surface area contributed by atoms with Crippen LogP contribution in [0.1, 0.15) is 12.0 Å². The minimum absolute atomic E-state index is 0. The molecule has 1 N–H and O–H groups in total. The van der Waals surface area contributed by atoms with Crippen LogP contribution in [0.25, 0.3) is 0 Å². The SMILES string of the molecule is Cc1ccc(Br)cc1NC(=O)CCN=C(N(C)C)N(C)C.I. The van der Waals surface area contributed by atoms with Gasteiger partial charge in [0.2, 0.25) is 5.91 Å². The Bertz CT molecular complexity index is 522. The van der Waals surface area contributed by atoms with Gasteiger partial charge in [0.25, 0.3) is 0 Å². The van der Waals surface area contributed by atoms with Crippen LogP contribution in [0.4, 0.5) is 5.69 Å². The van der Waals surface area contributed by atoms with Gasteiger partial charge in [0.15, 0.2) is 5.96 Å². The number of carbonyl (C=O) groups is 1. The number of nitrogens with one attached hydrogen (secondary N) is 1. The molecule has 0 saturated heterocycles. The maximum Gasteiger partial charge on any atom is 0.226 e. The zero-order chi connectivity index (χ0) is 16.0. The van der Waals surface area contributed by atoms with E-state index < -0.39 is 0 Å². The molecule has 0 aliphatic rings. The van der Waals surface area contributed by atoms with E-state index in [4.69, 9.17) is 0 Å². The highest BCUT2D eigenvalue weighted by molar-refractivity contribution is 14.0. The van der Waals surface area contributed by atoms with Gasteiger partial charge < -0.3 is 15.1 Å². The summed E-state index contributed by atoms with van der Waals surface area (Å²) in [6.07, 6.45) is 0.358. The van der Waals surface area contributed by atoms with Gasteiger partial charge in [-0.15, -0.1) is 24.0 Å². The lowest BCUT2D eigenvalue weighted by atomic mass is 10.2. The zero-order valence-electron chi connectivity index (χ0n) is 13.7. The van der Waals surface area contributed by atoms with Crippen LogP contribution in [-0.4, -0.2) is 56.4 Å². The molecule has 0 atom stereocenters. The monoisotopic (exact) mass is 482 g/mol. The van der Waals surface area contributed by atoms with Crippen molar-refractivity contribution in [2.45, 2.75) is 13.3 Å². The summed E-state index contributed by atoms with van der Waals surface area (Å²) >= 11 is 3.41. The van der Waals surface area contributed by atoms with Crippen LogP contribution in [0.15, 0.2) is 27.7 Å². The molecule has 0 heterocycles. The zero-order valence-corrected chi connectivity index (χ0v) is 17.6. The van der Waals surface area contributed by atoms with Crippen molar-refractivity contribution < 1.29 is 4.79 Å². The third kappa shape index (κ3) is 6.95. The molecule has 0 aromatic heterocycles. The van der Waals surface area contributed by atoms with Crippen molar-refractivity contribution in [1.29, 1.82) is 0 Å². The normalized spacial score (nSPS) is 9.55. The molecule has 1 amide bonds. The molecule has 7 heteroatoms. The Kier molecular flexibility index (Phi) is 9.66. The fourth-order valence-corrected chi connectivity index (χ4v) is 2.24. The number of hydrogen-bond acceptors (Lipinski definition) is 2. The van der Waals surface area contributed by atoms with Gasteiger partial charge >= 0.3 is 0 Å². The van der Waals surface area contributed by atoms with Gasteiger partial charge in [0.05, 0.1) is 6.54 Å². The lowest BCUT2D eigenvalue weighted by Gasteiger charge is -2.22. The van der Waals surface area contributed by atoms with E-state index >= 15 is 0 Å². The Labute approximate surface area is 158 Å². The summed E-state index contributed by atoms with van der Waals surface area (Å²) in [5.41, 5.74) is 1.87. The first kappa shape index (κ1) is 21.2. The van der Waals surface area contributed by atoms with Crippen LogP contribution < -0.4 is 5.32 Å². The minimum Gasteiger partial charge on any atom is -0.349 e. The van der Waals surface area contributed by atoms with Gasteiger partial charge in [-0.1, -0.05) is 22.0 Å². The second-order valence-corrected chi connectivity index (χ2v) is 6.14. The Morgan fingerprint density at radius 2 is 1.82 bits per heavy atom. The maximum atomic E-state index is 12.0. The number of benzene rings is 1. The molecule has 1 aromatic rings. The van der Waals surface area contributed by atoms with Crippen molar-refractivity contribution >= 4 is 57.5 Å². The van der Waals surface area contributed by atoms with Gasteiger partial charge in [-0.05, 0) is 24.6 Å². The smallest absolute Gasteiger partial charge is 0.226 e. The molecule has 124 valence electrons. The van der Waals surface area contributed by atoms with Crippen LogP contribution >= 0.6 is 39.9 Å². The van der Waals surface area contributed by atoms with Gasteiger partial charge in [0.1, 0.15) is 0 Å². The number of aliphatic imine (C=N–C) groups is 1. The second-order valence-electron chi connectivity index (χ2n) is 5.23. The molecule has 0 fully saturated rings. The Hall–Kier alpha value is -0.830. The molecule has 1 aromatic carbocycles. The predicted octanol–water partition coefficient (Wildman–Crippen LogP) is 3.18. The number of aryl methyl sites for hydroxylation is 1. The molecule has 0 unspecified atom stereocenters. The van der Waals surface area contributed by atoms with E-state index in [1.807, 2.05) is 63.1 Å². The van der Waals surface area contributed by atoms with E-state index in [2.05, 4.69) is 26.2 Å². The fraction of sp³-hybridized carbons (Fsp3) is 0.467. The van der Waals surface area contributed by atoms with Crippen molar-refractivity contribution in [2.75, 3.05) is 40.1 Å². The largest absolute Gasteiger partial charge is 0.349 e. The lowest BCUT2D eigenvalue weighted by Crippen LogP contribution is -2.35. The van der Waals surface area contributed by atoms with E-state index in [9.17, 15) is 4.79 Å². The Morgan fingerprint density at radius 3 is 2.36 bits per heavy atom. The summed E-state index contributed by atoms with van der Waals surface area (Å²) in [4.78, 5) is 20.3.